The average Bonchev–Trinajstić information content (AvgIpc) is 2.11. The lowest BCUT2D eigenvalue weighted by molar-refractivity contribution is -0.0945. The molecule has 1 rings (SSSR count). The molecule has 1 saturated heterocycles. The summed E-state index contributed by atoms with van der Waals surface area (Å²) in [6.45, 7) is 9.82. The van der Waals surface area contributed by atoms with Crippen LogP contribution in [-0.4, -0.2) is 32.3 Å². The Bertz CT molecular complexity index is 227. The molecule has 0 spiro atoms. The van der Waals surface area contributed by atoms with Gasteiger partial charge in [0.1, 0.15) is 0 Å². The quantitative estimate of drug-likeness (QED) is 0.454. The van der Waals surface area contributed by atoms with Crippen LogP contribution >= 0.6 is 24.0 Å². The summed E-state index contributed by atoms with van der Waals surface area (Å²) in [6, 6.07) is 0. The molecule has 0 aromatic carbocycles. The van der Waals surface area contributed by atoms with Gasteiger partial charge in [-0.3, -0.25) is 4.99 Å². The maximum absolute atomic E-state index is 5.74. The van der Waals surface area contributed by atoms with Crippen LogP contribution in [0.25, 0.3) is 0 Å². The second kappa shape index (κ2) is 7.32. The first-order valence-corrected chi connectivity index (χ1v) is 5.63. The first-order chi connectivity index (χ1) is 7.02. The second-order valence-electron chi connectivity index (χ2n) is 5.11. The molecule has 1 fully saturated rings. The highest BCUT2D eigenvalue weighted by Gasteiger charge is 2.32. The Morgan fingerprint density at radius 1 is 1.50 bits per heavy atom. The van der Waals surface area contributed by atoms with Crippen molar-refractivity contribution in [1.82, 2.24) is 5.32 Å². The first kappa shape index (κ1) is 16.0. The highest BCUT2D eigenvalue weighted by Crippen LogP contribution is 2.26. The molecule has 0 amide bonds. The maximum Gasteiger partial charge on any atom is 0.188 e. The average molecular weight is 341 g/mol. The zero-order valence-corrected chi connectivity index (χ0v) is 12.8. The molecular weight excluding hydrogens is 317 g/mol. The highest BCUT2D eigenvalue weighted by atomic mass is 127. The molecule has 0 aliphatic carbocycles. The molecule has 0 unspecified atom stereocenters. The van der Waals surface area contributed by atoms with Crippen molar-refractivity contribution < 1.29 is 4.74 Å². The Balaban J connectivity index is 0.00000225. The number of hydrogen-bond donors (Lipinski definition) is 2. The summed E-state index contributed by atoms with van der Waals surface area (Å²) in [5, 5.41) is 3.12. The number of nitrogens with two attached hydrogens (primary N) is 1. The first-order valence-electron chi connectivity index (χ1n) is 5.63. The van der Waals surface area contributed by atoms with Crippen LogP contribution in [0.5, 0.6) is 0 Å². The van der Waals surface area contributed by atoms with Crippen LogP contribution in [-0.2, 0) is 4.74 Å². The molecule has 96 valence electrons. The van der Waals surface area contributed by atoms with Crippen LogP contribution in [0.1, 0.15) is 27.2 Å². The van der Waals surface area contributed by atoms with Crippen LogP contribution in [0.2, 0.25) is 0 Å². The summed E-state index contributed by atoms with van der Waals surface area (Å²) in [7, 11) is 0. The van der Waals surface area contributed by atoms with Gasteiger partial charge in [0.15, 0.2) is 5.96 Å². The van der Waals surface area contributed by atoms with Crippen molar-refractivity contribution in [2.45, 2.75) is 27.2 Å². The van der Waals surface area contributed by atoms with Gasteiger partial charge in [0.2, 0.25) is 0 Å². The molecular formula is C11H24IN3O. The Hall–Kier alpha value is -0.0400. The molecule has 1 heterocycles. The molecule has 0 aromatic rings. The van der Waals surface area contributed by atoms with Gasteiger partial charge in [0, 0.05) is 12.0 Å². The van der Waals surface area contributed by atoms with Gasteiger partial charge in [0.25, 0.3) is 0 Å². The summed E-state index contributed by atoms with van der Waals surface area (Å²) < 4.78 is 5.15. The normalized spacial score (nSPS) is 18.9. The smallest absolute Gasteiger partial charge is 0.188 e. The van der Waals surface area contributed by atoms with Crippen molar-refractivity contribution >= 4 is 29.9 Å². The summed E-state index contributed by atoms with van der Waals surface area (Å²) in [4.78, 5) is 4.32. The minimum atomic E-state index is 0. The lowest BCUT2D eigenvalue weighted by Gasteiger charge is -2.36. The third-order valence-corrected chi connectivity index (χ3v) is 2.56. The lowest BCUT2D eigenvalue weighted by Crippen LogP contribution is -2.43. The van der Waals surface area contributed by atoms with Crippen molar-refractivity contribution in [3.05, 3.63) is 0 Å². The van der Waals surface area contributed by atoms with E-state index in [4.69, 9.17) is 10.5 Å². The fraction of sp³-hybridized carbons (Fsp3) is 0.909. The van der Waals surface area contributed by atoms with E-state index in [-0.39, 0.29) is 29.4 Å². The Kier molecular flexibility index (Phi) is 7.30. The van der Waals surface area contributed by atoms with Gasteiger partial charge in [-0.05, 0) is 12.3 Å². The summed E-state index contributed by atoms with van der Waals surface area (Å²) in [6.07, 6.45) is 1.12. The van der Waals surface area contributed by atoms with E-state index in [0.717, 1.165) is 32.7 Å². The van der Waals surface area contributed by atoms with Gasteiger partial charge < -0.3 is 15.8 Å². The van der Waals surface area contributed by atoms with Crippen LogP contribution in [0, 0.1) is 11.3 Å². The number of nitrogens with zero attached hydrogens (tertiary/aromatic N) is 1. The maximum atomic E-state index is 5.74. The highest BCUT2D eigenvalue weighted by molar-refractivity contribution is 14.0. The lowest BCUT2D eigenvalue weighted by atomic mass is 9.89. The van der Waals surface area contributed by atoms with Crippen molar-refractivity contribution in [2.75, 3.05) is 26.3 Å². The van der Waals surface area contributed by atoms with Crippen LogP contribution in [0.4, 0.5) is 0 Å². The van der Waals surface area contributed by atoms with Crippen LogP contribution < -0.4 is 11.1 Å². The number of aliphatic imine (C=N–C) groups is 1. The third-order valence-electron chi connectivity index (χ3n) is 2.56. The molecule has 16 heavy (non-hydrogen) atoms. The third kappa shape index (κ3) is 5.89. The van der Waals surface area contributed by atoms with Crippen molar-refractivity contribution in [3.8, 4) is 0 Å². The van der Waals surface area contributed by atoms with E-state index in [1.165, 1.54) is 0 Å². The SMILES string of the molecule is CC(C)CCNC(N)=NCC1(C)COC1.I. The van der Waals surface area contributed by atoms with E-state index in [0.29, 0.717) is 11.9 Å². The Morgan fingerprint density at radius 3 is 2.56 bits per heavy atom. The fourth-order valence-corrected chi connectivity index (χ4v) is 1.36. The minimum Gasteiger partial charge on any atom is -0.380 e. The zero-order chi connectivity index (χ0) is 11.3. The standard InChI is InChI=1S/C11H23N3O.HI/c1-9(2)4-5-13-10(12)14-6-11(3)7-15-8-11;/h9H,4-8H2,1-3H3,(H3,12,13,14);1H. The van der Waals surface area contributed by atoms with E-state index in [2.05, 4.69) is 31.1 Å². The summed E-state index contributed by atoms with van der Waals surface area (Å²) in [5.74, 6) is 1.26. The van der Waals surface area contributed by atoms with Crippen LogP contribution in [0.15, 0.2) is 4.99 Å². The number of ether oxygens (including phenoxy) is 1. The molecule has 5 heteroatoms. The van der Waals surface area contributed by atoms with Gasteiger partial charge in [-0.2, -0.15) is 0 Å². The van der Waals surface area contributed by atoms with Gasteiger partial charge in [-0.25, -0.2) is 0 Å². The number of hydrogen-bond acceptors (Lipinski definition) is 2. The van der Waals surface area contributed by atoms with Gasteiger partial charge in [0.05, 0.1) is 19.8 Å². The molecule has 0 atom stereocenters. The zero-order valence-electron chi connectivity index (χ0n) is 10.5. The monoisotopic (exact) mass is 341 g/mol. The molecule has 0 bridgehead atoms. The predicted molar refractivity (Wildman–Crippen MR) is 78.3 cm³/mol. The summed E-state index contributed by atoms with van der Waals surface area (Å²) in [5.41, 5.74) is 5.96. The van der Waals surface area contributed by atoms with Crippen LogP contribution in [0.3, 0.4) is 0 Å². The number of halogens is 1. The second-order valence-corrected chi connectivity index (χ2v) is 5.11. The molecule has 0 aromatic heterocycles. The number of nitrogens with one attached hydrogen (secondary N) is 1. The van der Waals surface area contributed by atoms with Gasteiger partial charge >= 0.3 is 0 Å². The molecule has 0 saturated carbocycles. The molecule has 4 nitrogen and oxygen atoms in total. The largest absolute Gasteiger partial charge is 0.380 e. The van der Waals surface area contributed by atoms with Crippen molar-refractivity contribution in [3.63, 3.8) is 0 Å². The number of guanidine groups is 1. The van der Waals surface area contributed by atoms with E-state index in [1.807, 2.05) is 0 Å². The predicted octanol–water partition coefficient (Wildman–Crippen LogP) is 1.59. The molecule has 0 radical (unpaired) electrons. The molecule has 3 N–H and O–H groups in total. The van der Waals surface area contributed by atoms with Crippen molar-refractivity contribution in [2.24, 2.45) is 22.1 Å². The van der Waals surface area contributed by atoms with E-state index in [9.17, 15) is 0 Å². The van der Waals surface area contributed by atoms with Gasteiger partial charge in [-0.1, -0.05) is 20.8 Å². The van der Waals surface area contributed by atoms with Crippen molar-refractivity contribution in [1.29, 1.82) is 0 Å². The minimum absolute atomic E-state index is 0. The van der Waals surface area contributed by atoms with Gasteiger partial charge in [-0.15, -0.1) is 24.0 Å². The van der Waals surface area contributed by atoms with E-state index >= 15 is 0 Å². The molecule has 1 aliphatic rings. The van der Waals surface area contributed by atoms with E-state index in [1.54, 1.807) is 0 Å². The Morgan fingerprint density at radius 2 is 2.12 bits per heavy atom. The number of rotatable bonds is 5. The summed E-state index contributed by atoms with van der Waals surface area (Å²) >= 11 is 0. The molecule has 1 aliphatic heterocycles. The van der Waals surface area contributed by atoms with E-state index < -0.39 is 0 Å². The topological polar surface area (TPSA) is 59.6 Å². The Labute approximate surface area is 115 Å². The fourth-order valence-electron chi connectivity index (χ4n) is 1.36.